The van der Waals surface area contributed by atoms with Crippen LogP contribution in [0.1, 0.15) is 47.0 Å². The summed E-state index contributed by atoms with van der Waals surface area (Å²) in [6, 6.07) is 0. The van der Waals surface area contributed by atoms with Crippen molar-refractivity contribution in [3.8, 4) is 0 Å². The molecule has 0 amide bonds. The summed E-state index contributed by atoms with van der Waals surface area (Å²) in [7, 11) is 1.62. The second kappa shape index (κ2) is 5.55. The maximum absolute atomic E-state index is 10.6. The van der Waals surface area contributed by atoms with Gasteiger partial charge in [-0.2, -0.15) is 0 Å². The highest BCUT2D eigenvalue weighted by Gasteiger charge is 2.50. The Balaban J connectivity index is 2.14. The topological polar surface area (TPSA) is 38.7 Å². The van der Waals surface area contributed by atoms with E-state index >= 15 is 0 Å². The Hall–Kier alpha value is 0.230. The number of rotatable bonds is 3. The Labute approximate surface area is 121 Å². The van der Waals surface area contributed by atoms with Crippen molar-refractivity contribution in [1.29, 1.82) is 0 Å². The van der Waals surface area contributed by atoms with Crippen LogP contribution < -0.4 is 0 Å². The zero-order chi connectivity index (χ0) is 14.3. The van der Waals surface area contributed by atoms with E-state index in [9.17, 15) is 5.11 Å². The average molecular weight is 288 g/mol. The number of hydrogen-bond acceptors (Lipinski definition) is 4. The molecule has 0 unspecified atom stereocenters. The number of aliphatic hydroxyl groups is 1. The average Bonchev–Trinajstić information content (AvgIpc) is 2.26. The van der Waals surface area contributed by atoms with Crippen LogP contribution in [0.3, 0.4) is 0 Å². The summed E-state index contributed by atoms with van der Waals surface area (Å²) in [5.41, 5.74) is -1.13. The van der Waals surface area contributed by atoms with Gasteiger partial charge in [0.15, 0.2) is 0 Å². The SMILES string of the molecule is COC[C@](C)(O)[C@@H]1O[C@@H]2C[C@H](C)CC[C@H]2C(C)(C)S1. The zero-order valence-corrected chi connectivity index (χ0v) is 13.6. The van der Waals surface area contributed by atoms with E-state index in [2.05, 4.69) is 20.8 Å². The fraction of sp³-hybridized carbons (Fsp3) is 1.00. The Morgan fingerprint density at radius 3 is 2.74 bits per heavy atom. The summed E-state index contributed by atoms with van der Waals surface area (Å²) in [5, 5.41) is 10.6. The minimum absolute atomic E-state index is 0.158. The van der Waals surface area contributed by atoms with Crippen LogP contribution in [-0.2, 0) is 9.47 Å². The van der Waals surface area contributed by atoms with E-state index in [1.54, 1.807) is 18.9 Å². The van der Waals surface area contributed by atoms with Gasteiger partial charge in [0, 0.05) is 11.9 Å². The van der Waals surface area contributed by atoms with Crippen molar-refractivity contribution in [2.75, 3.05) is 13.7 Å². The number of ether oxygens (including phenoxy) is 2. The molecule has 2 rings (SSSR count). The van der Waals surface area contributed by atoms with E-state index in [1.807, 2.05) is 6.92 Å². The highest BCUT2D eigenvalue weighted by atomic mass is 32.2. The summed E-state index contributed by atoms with van der Waals surface area (Å²) in [6.45, 7) is 9.02. The predicted molar refractivity (Wildman–Crippen MR) is 79.3 cm³/mol. The second-order valence-corrected chi connectivity index (χ2v) is 8.76. The molecular weight excluding hydrogens is 260 g/mol. The van der Waals surface area contributed by atoms with Crippen molar-refractivity contribution in [2.24, 2.45) is 11.8 Å². The second-order valence-electron chi connectivity index (χ2n) is 7.04. The summed E-state index contributed by atoms with van der Waals surface area (Å²) < 4.78 is 11.5. The Bertz CT molecular complexity index is 317. The van der Waals surface area contributed by atoms with Crippen LogP contribution in [0.2, 0.25) is 0 Å². The molecular formula is C15H28O3S. The lowest BCUT2D eigenvalue weighted by Crippen LogP contribution is -2.55. The molecule has 1 N–H and O–H groups in total. The van der Waals surface area contributed by atoms with E-state index in [4.69, 9.17) is 9.47 Å². The number of fused-ring (bicyclic) bond motifs is 1. The molecule has 1 heterocycles. The summed E-state index contributed by atoms with van der Waals surface area (Å²) >= 11 is 1.77. The number of methoxy groups -OCH3 is 1. The lowest BCUT2D eigenvalue weighted by molar-refractivity contribution is -0.143. The standard InChI is InChI=1S/C15H28O3S/c1-10-6-7-11-12(8-10)18-13(19-14(11,2)3)15(4,16)9-17-5/h10-13,16H,6-9H2,1-5H3/t10-,11-,12-,13-,15+/m1/s1. The maximum Gasteiger partial charge on any atom is 0.134 e. The third-order valence-corrected chi connectivity index (χ3v) is 6.34. The van der Waals surface area contributed by atoms with E-state index in [-0.39, 0.29) is 16.3 Å². The van der Waals surface area contributed by atoms with Crippen molar-refractivity contribution in [3.05, 3.63) is 0 Å². The minimum atomic E-state index is -0.928. The quantitative estimate of drug-likeness (QED) is 0.866. The number of hydrogen-bond donors (Lipinski definition) is 1. The Morgan fingerprint density at radius 2 is 2.11 bits per heavy atom. The van der Waals surface area contributed by atoms with Gasteiger partial charge in [0.1, 0.15) is 11.0 Å². The van der Waals surface area contributed by atoms with Gasteiger partial charge >= 0.3 is 0 Å². The van der Waals surface area contributed by atoms with Crippen LogP contribution in [0.5, 0.6) is 0 Å². The molecule has 2 fully saturated rings. The summed E-state index contributed by atoms with van der Waals surface area (Å²) in [4.78, 5) is 0. The molecule has 5 atom stereocenters. The largest absolute Gasteiger partial charge is 0.384 e. The Morgan fingerprint density at radius 1 is 1.42 bits per heavy atom. The van der Waals surface area contributed by atoms with Crippen molar-refractivity contribution < 1.29 is 14.6 Å². The van der Waals surface area contributed by atoms with Crippen LogP contribution in [0, 0.1) is 11.8 Å². The molecule has 19 heavy (non-hydrogen) atoms. The first-order chi connectivity index (χ1) is 8.76. The smallest absolute Gasteiger partial charge is 0.134 e. The zero-order valence-electron chi connectivity index (χ0n) is 12.8. The minimum Gasteiger partial charge on any atom is -0.384 e. The monoisotopic (exact) mass is 288 g/mol. The van der Waals surface area contributed by atoms with Gasteiger partial charge in [0.2, 0.25) is 0 Å². The molecule has 0 spiro atoms. The third kappa shape index (κ3) is 3.29. The molecule has 1 saturated heterocycles. The van der Waals surface area contributed by atoms with Gasteiger partial charge in [-0.1, -0.05) is 27.2 Å². The lowest BCUT2D eigenvalue weighted by atomic mass is 9.74. The molecule has 0 aromatic carbocycles. The first-order valence-electron chi connectivity index (χ1n) is 7.31. The van der Waals surface area contributed by atoms with Crippen molar-refractivity contribution >= 4 is 11.8 Å². The van der Waals surface area contributed by atoms with Gasteiger partial charge in [-0.05, 0) is 31.6 Å². The molecule has 0 aromatic heterocycles. The molecule has 1 aliphatic carbocycles. The first-order valence-corrected chi connectivity index (χ1v) is 8.19. The van der Waals surface area contributed by atoms with Crippen LogP contribution in [0.4, 0.5) is 0 Å². The van der Waals surface area contributed by atoms with Gasteiger partial charge in [0.25, 0.3) is 0 Å². The maximum atomic E-state index is 10.6. The van der Waals surface area contributed by atoms with Crippen LogP contribution in [-0.4, -0.2) is 40.7 Å². The normalized spacial score (nSPS) is 41.4. The van der Waals surface area contributed by atoms with Gasteiger partial charge in [0.05, 0.1) is 12.7 Å². The lowest BCUT2D eigenvalue weighted by Gasteiger charge is -2.52. The fourth-order valence-electron chi connectivity index (χ4n) is 3.46. The van der Waals surface area contributed by atoms with E-state index in [1.165, 1.54) is 12.8 Å². The molecule has 1 saturated carbocycles. The highest BCUT2D eigenvalue weighted by molar-refractivity contribution is 8.01. The summed E-state index contributed by atoms with van der Waals surface area (Å²) in [5.74, 6) is 1.33. The van der Waals surface area contributed by atoms with Crippen molar-refractivity contribution in [2.45, 2.75) is 68.8 Å². The van der Waals surface area contributed by atoms with Crippen LogP contribution >= 0.6 is 11.8 Å². The molecule has 1 aliphatic heterocycles. The highest BCUT2D eigenvalue weighted by Crippen LogP contribution is 2.52. The third-order valence-electron chi connectivity index (χ3n) is 4.60. The van der Waals surface area contributed by atoms with E-state index in [0.717, 1.165) is 12.3 Å². The van der Waals surface area contributed by atoms with Crippen molar-refractivity contribution in [3.63, 3.8) is 0 Å². The predicted octanol–water partition coefficient (Wildman–Crippen LogP) is 3.06. The van der Waals surface area contributed by atoms with Gasteiger partial charge in [-0.3, -0.25) is 0 Å². The van der Waals surface area contributed by atoms with Crippen molar-refractivity contribution in [1.82, 2.24) is 0 Å². The van der Waals surface area contributed by atoms with Gasteiger partial charge in [-0.15, -0.1) is 11.8 Å². The Kier molecular flexibility index (Phi) is 4.56. The molecule has 4 heteroatoms. The number of thioether (sulfide) groups is 1. The first kappa shape index (κ1) is 15.6. The molecule has 3 nitrogen and oxygen atoms in total. The van der Waals surface area contributed by atoms with Crippen LogP contribution in [0.15, 0.2) is 0 Å². The van der Waals surface area contributed by atoms with E-state index in [0.29, 0.717) is 12.5 Å². The van der Waals surface area contributed by atoms with Gasteiger partial charge < -0.3 is 14.6 Å². The summed E-state index contributed by atoms with van der Waals surface area (Å²) in [6.07, 6.45) is 3.95. The molecule has 0 aromatic rings. The van der Waals surface area contributed by atoms with E-state index < -0.39 is 5.60 Å². The molecule has 112 valence electrons. The molecule has 2 aliphatic rings. The molecule has 0 radical (unpaired) electrons. The fourth-order valence-corrected chi connectivity index (χ4v) is 4.97. The van der Waals surface area contributed by atoms with Crippen LogP contribution in [0.25, 0.3) is 0 Å². The molecule has 0 bridgehead atoms. The van der Waals surface area contributed by atoms with Gasteiger partial charge in [-0.25, -0.2) is 0 Å².